The highest BCUT2D eigenvalue weighted by atomic mass is 16.3. The third kappa shape index (κ3) is 3.49. The molecule has 3 heteroatoms. The molecule has 0 unspecified atom stereocenters. The summed E-state index contributed by atoms with van der Waals surface area (Å²) in [7, 11) is 0. The van der Waals surface area contributed by atoms with Gasteiger partial charge in [0.1, 0.15) is 11.2 Å². The van der Waals surface area contributed by atoms with E-state index in [1.807, 2.05) is 54.6 Å². The zero-order valence-electron chi connectivity index (χ0n) is 26.7. The highest BCUT2D eigenvalue weighted by Gasteiger charge is 2.48. The van der Waals surface area contributed by atoms with E-state index in [0.717, 1.165) is 44.2 Å². The molecular formula is C44H30N2O. The number of hydrogen-bond acceptors (Lipinski definition) is 3. The molecule has 47 heavy (non-hydrogen) atoms. The van der Waals surface area contributed by atoms with E-state index in [0.29, 0.717) is 11.1 Å². The Morgan fingerprint density at radius 3 is 1.60 bits per heavy atom. The first-order valence-corrected chi connectivity index (χ1v) is 16.1. The number of nitriles is 2. The normalized spacial score (nSPS) is 14.7. The Balaban J connectivity index is 1.38. The van der Waals surface area contributed by atoms with Gasteiger partial charge in [0.2, 0.25) is 0 Å². The number of furan rings is 1. The molecule has 6 aromatic carbocycles. The van der Waals surface area contributed by atoms with Crippen LogP contribution in [0.25, 0.3) is 66.4 Å². The van der Waals surface area contributed by atoms with Gasteiger partial charge in [-0.2, -0.15) is 10.5 Å². The van der Waals surface area contributed by atoms with Crippen molar-refractivity contribution in [3.63, 3.8) is 0 Å². The summed E-state index contributed by atoms with van der Waals surface area (Å²) in [5.41, 5.74) is 16.5. The van der Waals surface area contributed by atoms with Crippen molar-refractivity contribution in [1.82, 2.24) is 0 Å². The third-order valence-corrected chi connectivity index (χ3v) is 10.7. The van der Waals surface area contributed by atoms with Crippen LogP contribution < -0.4 is 0 Å². The lowest BCUT2D eigenvalue weighted by atomic mass is 9.71. The van der Waals surface area contributed by atoms with Gasteiger partial charge in [0.05, 0.1) is 23.3 Å². The van der Waals surface area contributed by atoms with E-state index in [1.165, 1.54) is 44.5 Å². The molecule has 0 radical (unpaired) electrons. The van der Waals surface area contributed by atoms with Crippen molar-refractivity contribution < 1.29 is 4.42 Å². The maximum atomic E-state index is 9.91. The molecule has 0 atom stereocenters. The lowest BCUT2D eigenvalue weighted by Crippen LogP contribution is -2.24. The summed E-state index contributed by atoms with van der Waals surface area (Å²) in [6.45, 7) is 9.36. The van der Waals surface area contributed by atoms with E-state index >= 15 is 0 Å². The Morgan fingerprint density at radius 2 is 1.02 bits per heavy atom. The molecular weight excluding hydrogens is 572 g/mol. The summed E-state index contributed by atoms with van der Waals surface area (Å²) in [4.78, 5) is 0. The minimum atomic E-state index is -0.338. The van der Waals surface area contributed by atoms with Crippen molar-refractivity contribution in [2.24, 2.45) is 0 Å². The topological polar surface area (TPSA) is 60.7 Å². The summed E-state index contributed by atoms with van der Waals surface area (Å²) in [5.74, 6) is 0. The van der Waals surface area contributed by atoms with Crippen LogP contribution in [0.5, 0.6) is 0 Å². The molecule has 1 heterocycles. The van der Waals surface area contributed by atoms with Crippen LogP contribution in [0.4, 0.5) is 0 Å². The molecule has 0 amide bonds. The Labute approximate surface area is 274 Å². The molecule has 3 nitrogen and oxygen atoms in total. The van der Waals surface area contributed by atoms with Crippen LogP contribution >= 0.6 is 0 Å². The van der Waals surface area contributed by atoms with Crippen LogP contribution in [0.3, 0.4) is 0 Å². The average Bonchev–Trinajstić information content (AvgIpc) is 3.67. The lowest BCUT2D eigenvalue weighted by Gasteiger charge is -2.31. The number of benzene rings is 6. The van der Waals surface area contributed by atoms with E-state index in [-0.39, 0.29) is 10.8 Å². The van der Waals surface area contributed by atoms with Crippen molar-refractivity contribution in [1.29, 1.82) is 10.5 Å². The van der Waals surface area contributed by atoms with Crippen molar-refractivity contribution in [3.8, 4) is 56.6 Å². The lowest BCUT2D eigenvalue weighted by molar-refractivity contribution is 0.600. The summed E-state index contributed by atoms with van der Waals surface area (Å²) in [5, 5.41) is 22.1. The second-order valence-corrected chi connectivity index (χ2v) is 13.9. The van der Waals surface area contributed by atoms with E-state index in [2.05, 4.69) is 94.4 Å². The molecule has 0 saturated heterocycles. The van der Waals surface area contributed by atoms with E-state index < -0.39 is 0 Å². The van der Waals surface area contributed by atoms with Crippen LogP contribution in [0.1, 0.15) is 61.1 Å². The molecule has 0 N–H and O–H groups in total. The molecule has 0 aliphatic heterocycles. The fourth-order valence-electron chi connectivity index (χ4n) is 8.56. The molecule has 0 spiro atoms. The number of nitrogens with zero attached hydrogens (tertiary/aromatic N) is 2. The van der Waals surface area contributed by atoms with Gasteiger partial charge in [-0.05, 0) is 91.5 Å². The Hall–Kier alpha value is -5.90. The highest BCUT2D eigenvalue weighted by Crippen LogP contribution is 2.63. The van der Waals surface area contributed by atoms with Crippen LogP contribution in [-0.2, 0) is 10.8 Å². The van der Waals surface area contributed by atoms with Crippen LogP contribution in [-0.4, -0.2) is 0 Å². The zero-order valence-corrected chi connectivity index (χ0v) is 26.7. The van der Waals surface area contributed by atoms with E-state index in [9.17, 15) is 10.5 Å². The van der Waals surface area contributed by atoms with Gasteiger partial charge in [0.25, 0.3) is 0 Å². The second-order valence-electron chi connectivity index (χ2n) is 13.9. The number of hydrogen-bond donors (Lipinski definition) is 0. The smallest absolute Gasteiger partial charge is 0.144 e. The standard InChI is InChI=1S/C44H30N2O/c1-43(2)34-21-25(29-13-7-5-11-27(29)23-45)17-19-31(34)37-38-33-15-9-10-16-36(33)47-42(38)39-32-20-18-26(30-14-8-6-12-28(30)24-46)22-35(32)44(3,4)41(39)40(37)43/h5-22H,1-4H3. The molecule has 0 fully saturated rings. The van der Waals surface area contributed by atoms with Crippen molar-refractivity contribution in [2.45, 2.75) is 38.5 Å². The van der Waals surface area contributed by atoms with Gasteiger partial charge in [0.15, 0.2) is 0 Å². The van der Waals surface area contributed by atoms with Crippen LogP contribution in [0.15, 0.2) is 114 Å². The molecule has 2 aliphatic rings. The first kappa shape index (κ1) is 27.4. The van der Waals surface area contributed by atoms with Crippen molar-refractivity contribution >= 4 is 21.9 Å². The summed E-state index contributed by atoms with van der Waals surface area (Å²) < 4.78 is 6.85. The molecule has 0 saturated carbocycles. The SMILES string of the molecule is CC1(C)c2cc(-c3ccccc3C#N)ccc2-c2c1c1c(c3c2oc2ccccc23)-c2ccc(-c3ccccc3C#N)cc2C1(C)C. The fourth-order valence-corrected chi connectivity index (χ4v) is 8.56. The predicted molar refractivity (Wildman–Crippen MR) is 189 cm³/mol. The predicted octanol–water partition coefficient (Wildman–Crippen LogP) is 11.3. The van der Waals surface area contributed by atoms with Gasteiger partial charge in [0, 0.05) is 27.2 Å². The van der Waals surface area contributed by atoms with Gasteiger partial charge in [-0.15, -0.1) is 0 Å². The Morgan fingerprint density at radius 1 is 0.532 bits per heavy atom. The zero-order chi connectivity index (χ0) is 32.2. The molecule has 1 aromatic heterocycles. The van der Waals surface area contributed by atoms with Crippen LogP contribution in [0.2, 0.25) is 0 Å². The van der Waals surface area contributed by atoms with E-state index in [1.54, 1.807) is 0 Å². The third-order valence-electron chi connectivity index (χ3n) is 10.7. The first-order valence-electron chi connectivity index (χ1n) is 16.1. The summed E-state index contributed by atoms with van der Waals surface area (Å²) in [6.07, 6.45) is 0. The average molecular weight is 603 g/mol. The minimum Gasteiger partial charge on any atom is -0.455 e. The molecule has 9 rings (SSSR count). The quantitative estimate of drug-likeness (QED) is 0.198. The number of para-hydroxylation sites is 1. The first-order chi connectivity index (χ1) is 22.8. The van der Waals surface area contributed by atoms with E-state index in [4.69, 9.17) is 4.42 Å². The van der Waals surface area contributed by atoms with Gasteiger partial charge in [-0.25, -0.2) is 0 Å². The Bertz CT molecular complexity index is 2600. The van der Waals surface area contributed by atoms with Crippen LogP contribution in [0, 0.1) is 22.7 Å². The minimum absolute atomic E-state index is 0.325. The van der Waals surface area contributed by atoms with Gasteiger partial charge < -0.3 is 4.42 Å². The molecule has 222 valence electrons. The monoisotopic (exact) mass is 602 g/mol. The highest BCUT2D eigenvalue weighted by molar-refractivity contribution is 6.20. The van der Waals surface area contributed by atoms with Gasteiger partial charge >= 0.3 is 0 Å². The molecule has 7 aromatic rings. The summed E-state index contributed by atoms with van der Waals surface area (Å²) in [6, 6.07) is 42.2. The van der Waals surface area contributed by atoms with Crippen molar-refractivity contribution in [2.75, 3.05) is 0 Å². The fraction of sp³-hybridized carbons (Fsp3) is 0.136. The largest absolute Gasteiger partial charge is 0.455 e. The maximum absolute atomic E-state index is 9.91. The number of fused-ring (bicyclic) bond motifs is 12. The second kappa shape index (κ2) is 9.32. The molecule has 2 aliphatic carbocycles. The maximum Gasteiger partial charge on any atom is 0.144 e. The van der Waals surface area contributed by atoms with Crippen molar-refractivity contribution in [3.05, 3.63) is 143 Å². The van der Waals surface area contributed by atoms with Gasteiger partial charge in [-0.3, -0.25) is 0 Å². The molecule has 0 bridgehead atoms. The summed E-state index contributed by atoms with van der Waals surface area (Å²) >= 11 is 0. The number of rotatable bonds is 2. The van der Waals surface area contributed by atoms with Gasteiger partial charge in [-0.1, -0.05) is 107 Å². The Kier molecular flexibility index (Phi) is 5.44.